The number of nitrogens with zero attached hydrogens (tertiary/aromatic N) is 2. The highest BCUT2D eigenvalue weighted by molar-refractivity contribution is 5.85. The second-order valence-electron chi connectivity index (χ2n) is 5.86. The van der Waals surface area contributed by atoms with Crippen LogP contribution in [0.25, 0.3) is 10.9 Å². The van der Waals surface area contributed by atoms with Gasteiger partial charge in [0.1, 0.15) is 5.82 Å². The van der Waals surface area contributed by atoms with Crippen molar-refractivity contribution in [2.24, 2.45) is 5.73 Å². The van der Waals surface area contributed by atoms with E-state index in [0.717, 1.165) is 30.8 Å². The molecule has 3 heteroatoms. The van der Waals surface area contributed by atoms with Crippen molar-refractivity contribution in [2.45, 2.75) is 33.1 Å². The molecule has 3 nitrogen and oxygen atoms in total. The molecule has 0 bridgehead atoms. The minimum absolute atomic E-state index is 0.679. The first-order chi connectivity index (χ1) is 9.69. The van der Waals surface area contributed by atoms with Crippen LogP contribution in [0.1, 0.15) is 29.5 Å². The van der Waals surface area contributed by atoms with Gasteiger partial charge in [0.15, 0.2) is 0 Å². The third-order valence-electron chi connectivity index (χ3n) is 4.13. The van der Waals surface area contributed by atoms with E-state index in [-0.39, 0.29) is 0 Å². The lowest BCUT2D eigenvalue weighted by Gasteiger charge is -2.21. The zero-order valence-corrected chi connectivity index (χ0v) is 12.4. The van der Waals surface area contributed by atoms with Crippen LogP contribution in [-0.2, 0) is 6.42 Å². The molecule has 0 aliphatic carbocycles. The number of nitrogens with two attached hydrogens (primary N) is 1. The van der Waals surface area contributed by atoms with E-state index in [4.69, 9.17) is 10.7 Å². The molecule has 0 amide bonds. The third kappa shape index (κ3) is 2.38. The molecule has 3 rings (SSSR count). The van der Waals surface area contributed by atoms with E-state index in [1.165, 1.54) is 34.9 Å². The van der Waals surface area contributed by atoms with E-state index in [2.05, 4.69) is 36.9 Å². The van der Waals surface area contributed by atoms with E-state index in [0.29, 0.717) is 6.54 Å². The number of pyridine rings is 1. The van der Waals surface area contributed by atoms with Gasteiger partial charge in [0.2, 0.25) is 0 Å². The lowest BCUT2D eigenvalue weighted by molar-refractivity contribution is 0.897. The molecular weight excluding hydrogens is 246 g/mol. The zero-order valence-electron chi connectivity index (χ0n) is 12.4. The molecule has 1 aliphatic heterocycles. The molecule has 0 spiro atoms. The number of aromatic nitrogens is 1. The molecule has 0 atom stereocenters. The topological polar surface area (TPSA) is 42.2 Å². The number of benzene rings is 1. The predicted octanol–water partition coefficient (Wildman–Crippen LogP) is 2.95. The summed E-state index contributed by atoms with van der Waals surface area (Å²) in [6, 6.07) is 6.73. The van der Waals surface area contributed by atoms with Gasteiger partial charge in [0.05, 0.1) is 5.52 Å². The van der Waals surface area contributed by atoms with Crippen LogP contribution in [0, 0.1) is 13.8 Å². The molecule has 0 unspecified atom stereocenters. The number of aryl methyl sites for hydroxylation is 2. The fourth-order valence-corrected chi connectivity index (χ4v) is 3.23. The molecule has 1 saturated heterocycles. The molecule has 0 radical (unpaired) electrons. The molecule has 1 aliphatic rings. The SMILES string of the molecule is Cc1cc(C)c2nc(N3CCCC3)c(CCN)cc2c1. The lowest BCUT2D eigenvalue weighted by atomic mass is 10.0. The van der Waals surface area contributed by atoms with Gasteiger partial charge >= 0.3 is 0 Å². The molecule has 106 valence electrons. The Kier molecular flexibility index (Phi) is 3.62. The van der Waals surface area contributed by atoms with E-state index >= 15 is 0 Å². The first-order valence-corrected chi connectivity index (χ1v) is 7.55. The largest absolute Gasteiger partial charge is 0.356 e. The molecule has 1 aromatic heterocycles. The Morgan fingerprint density at radius 3 is 2.60 bits per heavy atom. The summed E-state index contributed by atoms with van der Waals surface area (Å²) >= 11 is 0. The monoisotopic (exact) mass is 269 g/mol. The van der Waals surface area contributed by atoms with E-state index in [9.17, 15) is 0 Å². The highest BCUT2D eigenvalue weighted by Crippen LogP contribution is 2.28. The van der Waals surface area contributed by atoms with Crippen LogP contribution in [0.2, 0.25) is 0 Å². The second-order valence-corrected chi connectivity index (χ2v) is 5.86. The molecule has 2 aromatic rings. The maximum absolute atomic E-state index is 5.79. The van der Waals surface area contributed by atoms with E-state index in [1.807, 2.05) is 0 Å². The molecule has 20 heavy (non-hydrogen) atoms. The van der Waals surface area contributed by atoms with Crippen LogP contribution < -0.4 is 10.6 Å². The van der Waals surface area contributed by atoms with Crippen molar-refractivity contribution >= 4 is 16.7 Å². The summed E-state index contributed by atoms with van der Waals surface area (Å²) in [7, 11) is 0. The standard InChI is InChI=1S/C17H23N3/c1-12-9-13(2)16-15(10-12)11-14(5-6-18)17(19-16)20-7-3-4-8-20/h9-11H,3-8,18H2,1-2H3. The van der Waals surface area contributed by atoms with Gasteiger partial charge in [-0.1, -0.05) is 11.6 Å². The van der Waals surface area contributed by atoms with Crippen molar-refractivity contribution in [3.63, 3.8) is 0 Å². The predicted molar refractivity (Wildman–Crippen MR) is 85.4 cm³/mol. The molecule has 0 saturated carbocycles. The normalized spacial score (nSPS) is 15.2. The Bertz CT molecular complexity index is 628. The van der Waals surface area contributed by atoms with Crippen molar-refractivity contribution in [3.8, 4) is 0 Å². The molecule has 2 N–H and O–H groups in total. The van der Waals surface area contributed by atoms with Gasteiger partial charge in [0.25, 0.3) is 0 Å². The highest BCUT2D eigenvalue weighted by atomic mass is 15.2. The average Bonchev–Trinajstić information content (AvgIpc) is 2.92. The average molecular weight is 269 g/mol. The number of hydrogen-bond donors (Lipinski definition) is 1. The summed E-state index contributed by atoms with van der Waals surface area (Å²) in [5, 5.41) is 1.24. The quantitative estimate of drug-likeness (QED) is 0.931. The maximum Gasteiger partial charge on any atom is 0.132 e. The Morgan fingerprint density at radius 2 is 1.90 bits per heavy atom. The lowest BCUT2D eigenvalue weighted by Crippen LogP contribution is -2.21. The summed E-state index contributed by atoms with van der Waals surface area (Å²) in [5.74, 6) is 1.16. The number of rotatable bonds is 3. The summed E-state index contributed by atoms with van der Waals surface area (Å²) in [6.45, 7) is 7.23. The number of hydrogen-bond acceptors (Lipinski definition) is 3. The van der Waals surface area contributed by atoms with Crippen molar-refractivity contribution in [3.05, 3.63) is 34.9 Å². The van der Waals surface area contributed by atoms with Crippen molar-refractivity contribution in [2.75, 3.05) is 24.5 Å². The second kappa shape index (κ2) is 5.41. The van der Waals surface area contributed by atoms with Crippen LogP contribution in [0.15, 0.2) is 18.2 Å². The van der Waals surface area contributed by atoms with Gasteiger partial charge in [-0.15, -0.1) is 0 Å². The van der Waals surface area contributed by atoms with Gasteiger partial charge in [-0.3, -0.25) is 0 Å². The number of anilines is 1. The molecular formula is C17H23N3. The smallest absolute Gasteiger partial charge is 0.132 e. The van der Waals surface area contributed by atoms with Crippen LogP contribution in [0.4, 0.5) is 5.82 Å². The van der Waals surface area contributed by atoms with E-state index in [1.54, 1.807) is 0 Å². The van der Waals surface area contributed by atoms with Crippen LogP contribution in [0.5, 0.6) is 0 Å². The minimum Gasteiger partial charge on any atom is -0.356 e. The Morgan fingerprint density at radius 1 is 1.15 bits per heavy atom. The first kappa shape index (κ1) is 13.4. The van der Waals surface area contributed by atoms with Crippen molar-refractivity contribution < 1.29 is 0 Å². The van der Waals surface area contributed by atoms with Gasteiger partial charge < -0.3 is 10.6 Å². The molecule has 2 heterocycles. The van der Waals surface area contributed by atoms with Gasteiger partial charge in [-0.25, -0.2) is 4.98 Å². The fourth-order valence-electron chi connectivity index (χ4n) is 3.23. The van der Waals surface area contributed by atoms with Crippen molar-refractivity contribution in [1.29, 1.82) is 0 Å². The summed E-state index contributed by atoms with van der Waals surface area (Å²) < 4.78 is 0. The van der Waals surface area contributed by atoms with Crippen LogP contribution in [-0.4, -0.2) is 24.6 Å². The molecule has 1 aromatic carbocycles. The summed E-state index contributed by atoms with van der Waals surface area (Å²) in [5.41, 5.74) is 10.8. The van der Waals surface area contributed by atoms with Crippen LogP contribution in [0.3, 0.4) is 0 Å². The van der Waals surface area contributed by atoms with Gasteiger partial charge in [-0.05, 0) is 62.9 Å². The summed E-state index contributed by atoms with van der Waals surface area (Å²) in [4.78, 5) is 7.41. The van der Waals surface area contributed by atoms with E-state index < -0.39 is 0 Å². The Hall–Kier alpha value is -1.61. The Labute approximate surface area is 120 Å². The van der Waals surface area contributed by atoms with Gasteiger partial charge in [0, 0.05) is 18.5 Å². The Balaban J connectivity index is 2.18. The molecule has 1 fully saturated rings. The van der Waals surface area contributed by atoms with Crippen LogP contribution >= 0.6 is 0 Å². The highest BCUT2D eigenvalue weighted by Gasteiger charge is 2.18. The summed E-state index contributed by atoms with van der Waals surface area (Å²) in [6.07, 6.45) is 3.45. The minimum atomic E-state index is 0.679. The van der Waals surface area contributed by atoms with Crippen molar-refractivity contribution in [1.82, 2.24) is 4.98 Å². The zero-order chi connectivity index (χ0) is 14.1. The van der Waals surface area contributed by atoms with Gasteiger partial charge in [-0.2, -0.15) is 0 Å². The third-order valence-corrected chi connectivity index (χ3v) is 4.13. The number of fused-ring (bicyclic) bond motifs is 1. The first-order valence-electron chi connectivity index (χ1n) is 7.55. The fraction of sp³-hybridized carbons (Fsp3) is 0.471. The maximum atomic E-state index is 5.79.